The zero-order valence-corrected chi connectivity index (χ0v) is 69.3. The van der Waals surface area contributed by atoms with E-state index in [4.69, 9.17) is 0 Å². The van der Waals surface area contributed by atoms with Crippen LogP contribution in [-0.4, -0.2) is 27.9 Å². The van der Waals surface area contributed by atoms with Crippen molar-refractivity contribution in [3.05, 3.63) is 363 Å². The summed E-state index contributed by atoms with van der Waals surface area (Å²) in [5.41, 5.74) is 45.1. The van der Waals surface area contributed by atoms with E-state index in [0.717, 1.165) is 67.8 Å². The van der Waals surface area contributed by atoms with Gasteiger partial charge in [0.25, 0.3) is 0 Å². The standard InChI is InChI=1S/C110H76B2N8Se/c1-109(2,3)81-63-85-91-103-97(81)115(73-47-27-13-28-48-73)89-61-69(65-35-15-7-16-36-65)59-87-101(89)119(103)99-83(57-55-75(67-39-19-9-20-40-67)93(99)113(87)71-43-23-11-24-44-71)111(91)107-105-106-108(121-107)112-84-58-56-76(68-41-21-10-22-42-68)94-100(84)120-102-88(114(94)72-45-25-12-26-46-72)60-70(66-37-17-8-18-38-66)62-90(102)116(74-49-29-14-30-50-74)98-82(110(4,5)6)64-86(92(112)104(98)120)118(106)96-80-54-34-32-52-78(80)77-51-31-33-53-79(77)95(96)117(85)105/h7-64H,1-6H3. The van der Waals surface area contributed by atoms with Gasteiger partial charge in [0.15, 0.2) is 0 Å². The average Bonchev–Trinajstić information content (AvgIpc) is 1.48. The molecular weight excluding hydrogens is 1530 g/mol. The molecule has 18 aromatic rings. The summed E-state index contributed by atoms with van der Waals surface area (Å²) >= 11 is -0.338. The van der Waals surface area contributed by atoms with Crippen LogP contribution < -0.4 is 69.7 Å². The van der Waals surface area contributed by atoms with E-state index in [1.54, 1.807) is 0 Å². The molecule has 0 saturated carbocycles. The van der Waals surface area contributed by atoms with Crippen molar-refractivity contribution in [3.8, 4) is 44.5 Å². The summed E-state index contributed by atoms with van der Waals surface area (Å²) < 4.78 is 2.97. The first-order valence-corrected chi connectivity index (χ1v) is 44.2. The van der Waals surface area contributed by atoms with E-state index in [0.29, 0.717) is 0 Å². The monoisotopic (exact) mass is 1610 g/mol. The van der Waals surface area contributed by atoms with Gasteiger partial charge in [-0.1, -0.05) is 12.1 Å². The van der Waals surface area contributed by atoms with Crippen LogP contribution >= 0.6 is 0 Å². The number of hydrogen-bond donors (Lipinski definition) is 0. The first-order valence-electron chi connectivity index (χ1n) is 42.5. The number of fused-ring (bicyclic) bond motifs is 14. The third-order valence-electron chi connectivity index (χ3n) is 27.2. The van der Waals surface area contributed by atoms with Gasteiger partial charge in [0.2, 0.25) is 0 Å². The Morgan fingerprint density at radius 2 is 0.496 bits per heavy atom. The van der Waals surface area contributed by atoms with Gasteiger partial charge in [0, 0.05) is 0 Å². The molecule has 0 amide bonds. The summed E-state index contributed by atoms with van der Waals surface area (Å²) in [5.74, 6) is 0. The second-order valence-electron chi connectivity index (χ2n) is 35.8. The van der Waals surface area contributed by atoms with Gasteiger partial charge >= 0.3 is 703 Å². The van der Waals surface area contributed by atoms with Crippen molar-refractivity contribution < 1.29 is 0 Å². The molecule has 11 heteroatoms. The maximum atomic E-state index is 2.89. The second kappa shape index (κ2) is 24.3. The number of benzene rings is 17. The van der Waals surface area contributed by atoms with Crippen LogP contribution in [0.5, 0.6) is 0 Å². The zero-order valence-electron chi connectivity index (χ0n) is 67.6. The van der Waals surface area contributed by atoms with Gasteiger partial charge in [0.05, 0.1) is 0 Å². The first kappa shape index (κ1) is 67.8. The van der Waals surface area contributed by atoms with Crippen LogP contribution in [0.15, 0.2) is 352 Å². The molecule has 17 aromatic carbocycles. The Bertz CT molecular complexity index is 7130. The summed E-state index contributed by atoms with van der Waals surface area (Å²) in [6.45, 7) is 14.4. The van der Waals surface area contributed by atoms with E-state index in [1.807, 2.05) is 0 Å². The molecule has 0 spiro atoms. The zero-order chi connectivity index (χ0) is 79.9. The molecule has 0 aliphatic carbocycles. The Balaban J connectivity index is 0.845. The topological polar surface area (TPSA) is 25.9 Å². The Morgan fingerprint density at radius 1 is 0.207 bits per heavy atom. The summed E-state index contributed by atoms with van der Waals surface area (Å²) in [4.78, 5) is 22.2. The summed E-state index contributed by atoms with van der Waals surface area (Å²) in [6.07, 6.45) is 0. The second-order valence-corrected chi connectivity index (χ2v) is 38.1. The van der Waals surface area contributed by atoms with Crippen molar-refractivity contribution in [2.24, 2.45) is 0 Å². The van der Waals surface area contributed by atoms with E-state index in [-0.39, 0.29) is 27.9 Å². The van der Waals surface area contributed by atoms with E-state index in [2.05, 4.69) is 433 Å². The molecule has 1 aromatic heterocycles. The molecular formula is C110H76B2N8Se. The first-order chi connectivity index (χ1) is 59.4. The van der Waals surface area contributed by atoms with E-state index in [1.165, 1.54) is 176 Å². The van der Waals surface area contributed by atoms with Crippen molar-refractivity contribution in [3.63, 3.8) is 0 Å². The number of anilines is 24. The third kappa shape index (κ3) is 8.90. The molecule has 121 heavy (non-hydrogen) atoms. The SMILES string of the molecule is CC(C)(C)c1cc2c3c4c1N(c1ccccc1)c1cc(-c5ccccc5)cc5c1N4c1c(ccc(-c4ccccc4)c1N5c1ccccc1)B3c1[se]c3c4c1N2c1c(c2ccccc2c2ccccc12)N4c1cc(C(C)(C)C)c2c4c1B3c1ccc(-c3ccccc3)c3c1N4c1c(cc(-c4ccccc4)cc1N2c1ccccc1)N3c1ccccc1. The number of hydrogen-bond acceptors (Lipinski definition) is 8. The molecule has 10 heterocycles. The van der Waals surface area contributed by atoms with Gasteiger partial charge in [-0.05, 0) is 0 Å². The van der Waals surface area contributed by atoms with E-state index in [9.17, 15) is 0 Å². The Kier molecular flexibility index (Phi) is 13.6. The molecule has 9 aliphatic rings. The van der Waals surface area contributed by atoms with Crippen LogP contribution in [0.4, 0.5) is 136 Å². The van der Waals surface area contributed by atoms with Gasteiger partial charge in [0.1, 0.15) is 0 Å². The summed E-state index contributed by atoms with van der Waals surface area (Å²) in [6, 6.07) is 135. The molecule has 8 nitrogen and oxygen atoms in total. The van der Waals surface area contributed by atoms with E-state index < -0.39 is 10.8 Å². The fraction of sp³-hybridized carbons (Fsp3) is 0.0727. The minimum absolute atomic E-state index is 0.214. The van der Waals surface area contributed by atoms with Crippen LogP contribution in [0, 0.1) is 0 Å². The van der Waals surface area contributed by atoms with Crippen molar-refractivity contribution in [1.82, 2.24) is 0 Å². The molecule has 568 valence electrons. The Morgan fingerprint density at radius 3 is 0.818 bits per heavy atom. The Labute approximate surface area is 710 Å². The van der Waals surface area contributed by atoms with Crippen LogP contribution in [0.2, 0.25) is 0 Å². The Hall–Kier alpha value is -14.2. The third-order valence-corrected chi connectivity index (χ3v) is 30.0. The molecule has 27 rings (SSSR count). The average molecular weight is 1610 g/mol. The van der Waals surface area contributed by atoms with Gasteiger partial charge in [-0.25, -0.2) is 0 Å². The number of rotatable bonds is 8. The summed E-state index contributed by atoms with van der Waals surface area (Å²) in [7, 11) is 0. The number of para-hydroxylation sites is 4. The molecule has 0 bridgehead atoms. The van der Waals surface area contributed by atoms with Crippen molar-refractivity contribution >= 4 is 216 Å². The van der Waals surface area contributed by atoms with Gasteiger partial charge in [-0.2, -0.15) is 0 Å². The quantitative estimate of drug-likeness (QED) is 0.110. The van der Waals surface area contributed by atoms with Crippen LogP contribution in [0.1, 0.15) is 52.7 Å². The van der Waals surface area contributed by atoms with Gasteiger partial charge in [-0.15, -0.1) is 0 Å². The van der Waals surface area contributed by atoms with Crippen LogP contribution in [0.25, 0.3) is 66.1 Å². The van der Waals surface area contributed by atoms with Crippen LogP contribution in [-0.2, 0) is 10.8 Å². The predicted octanol–water partition coefficient (Wildman–Crippen LogP) is 25.9. The molecule has 0 unspecified atom stereocenters. The van der Waals surface area contributed by atoms with Crippen molar-refractivity contribution in [1.29, 1.82) is 0 Å². The van der Waals surface area contributed by atoms with Crippen molar-refractivity contribution in [2.75, 3.05) is 39.2 Å². The predicted molar refractivity (Wildman–Crippen MR) is 512 cm³/mol. The fourth-order valence-corrected chi connectivity index (χ4v) is 25.7. The fourth-order valence-electron chi connectivity index (χ4n) is 22.5. The normalized spacial score (nSPS) is 14.4. The van der Waals surface area contributed by atoms with Gasteiger partial charge < -0.3 is 0 Å². The molecule has 0 atom stereocenters. The molecule has 0 saturated heterocycles. The van der Waals surface area contributed by atoms with Gasteiger partial charge in [-0.3, -0.25) is 0 Å². The van der Waals surface area contributed by atoms with E-state index >= 15 is 0 Å². The molecule has 0 radical (unpaired) electrons. The minimum atomic E-state index is -0.412. The van der Waals surface area contributed by atoms with Crippen molar-refractivity contribution in [2.45, 2.75) is 52.4 Å². The summed E-state index contributed by atoms with van der Waals surface area (Å²) in [5, 5.41) is 4.94. The van der Waals surface area contributed by atoms with Crippen LogP contribution in [0.3, 0.4) is 0 Å². The molecule has 0 N–H and O–H groups in total. The molecule has 9 aliphatic heterocycles. The molecule has 0 fully saturated rings. The maximum absolute atomic E-state index is 2.89. The number of nitrogens with zero attached hydrogens (tertiary/aromatic N) is 8.